The molecule has 0 unspecified atom stereocenters. The number of nitrogens with zero attached hydrogens (tertiary/aromatic N) is 2. The molecule has 1 heterocycles. The van der Waals surface area contributed by atoms with Crippen LogP contribution in [0.25, 0.3) is 21.7 Å². The first kappa shape index (κ1) is 17.1. The minimum absolute atomic E-state index is 0.0544. The lowest BCUT2D eigenvalue weighted by atomic mass is 9.97. The zero-order valence-corrected chi connectivity index (χ0v) is 15.1. The number of carbonyl (C=O) groups is 1. The van der Waals surface area contributed by atoms with Crippen molar-refractivity contribution in [3.05, 3.63) is 84.1 Å². The fourth-order valence-corrected chi connectivity index (χ4v) is 3.67. The number of ketones is 1. The van der Waals surface area contributed by atoms with Gasteiger partial charge < -0.3 is 4.57 Å². The summed E-state index contributed by atoms with van der Waals surface area (Å²) >= 11 is 0. The van der Waals surface area contributed by atoms with Crippen molar-refractivity contribution in [3.8, 4) is 6.07 Å². The number of aryl methyl sites for hydroxylation is 1. The average Bonchev–Trinajstić information content (AvgIpc) is 3.09. The first-order valence-electron chi connectivity index (χ1n) is 9.27. The van der Waals surface area contributed by atoms with E-state index in [2.05, 4.69) is 16.7 Å². The first-order valence-corrected chi connectivity index (χ1v) is 9.27. The van der Waals surface area contributed by atoms with E-state index in [-0.39, 0.29) is 5.78 Å². The maximum Gasteiger partial charge on any atom is 0.195 e. The SMILES string of the molecule is N#CCCCCn1cc(C(=O)c2cccc3ccccc23)c2ccccc21. The summed E-state index contributed by atoms with van der Waals surface area (Å²) in [6, 6.07) is 24.1. The molecule has 0 aliphatic heterocycles. The molecule has 3 aromatic carbocycles. The summed E-state index contributed by atoms with van der Waals surface area (Å²) in [5.74, 6) is 0.0544. The van der Waals surface area contributed by atoms with Gasteiger partial charge in [0.15, 0.2) is 5.78 Å². The standard InChI is InChI=1S/C24H20N2O/c25-15-6-1-7-16-26-17-22(20-12-4-5-14-23(20)26)24(27)21-13-8-10-18-9-2-3-11-19(18)21/h2-5,8-14,17H,1,6-7,16H2. The number of aromatic nitrogens is 1. The van der Waals surface area contributed by atoms with Crippen LogP contribution in [0, 0.1) is 11.3 Å². The Morgan fingerprint density at radius 2 is 1.59 bits per heavy atom. The van der Waals surface area contributed by atoms with E-state index in [1.54, 1.807) is 0 Å². The maximum atomic E-state index is 13.4. The second-order valence-corrected chi connectivity index (χ2v) is 6.72. The van der Waals surface area contributed by atoms with Gasteiger partial charge in [0, 0.05) is 41.2 Å². The van der Waals surface area contributed by atoms with E-state index in [4.69, 9.17) is 5.26 Å². The monoisotopic (exact) mass is 352 g/mol. The Hall–Kier alpha value is -3.38. The highest BCUT2D eigenvalue weighted by molar-refractivity contribution is 6.21. The van der Waals surface area contributed by atoms with Crippen molar-refractivity contribution in [1.82, 2.24) is 4.57 Å². The summed E-state index contributed by atoms with van der Waals surface area (Å²) in [5.41, 5.74) is 2.54. The minimum atomic E-state index is 0.0544. The molecular weight excluding hydrogens is 332 g/mol. The zero-order valence-electron chi connectivity index (χ0n) is 15.1. The van der Waals surface area contributed by atoms with Crippen LogP contribution in [-0.4, -0.2) is 10.4 Å². The Morgan fingerprint density at radius 1 is 0.852 bits per heavy atom. The van der Waals surface area contributed by atoms with Crippen LogP contribution in [0.4, 0.5) is 0 Å². The largest absolute Gasteiger partial charge is 0.347 e. The fraction of sp³-hybridized carbons (Fsp3) is 0.167. The van der Waals surface area contributed by atoms with Gasteiger partial charge in [-0.3, -0.25) is 4.79 Å². The Kier molecular flexibility index (Phi) is 4.72. The Bertz CT molecular complexity index is 1160. The number of carbonyl (C=O) groups excluding carboxylic acids is 1. The molecule has 0 amide bonds. The van der Waals surface area contributed by atoms with Crippen molar-refractivity contribution in [2.75, 3.05) is 0 Å². The summed E-state index contributed by atoms with van der Waals surface area (Å²) in [5, 5.41) is 11.8. The Morgan fingerprint density at radius 3 is 2.44 bits per heavy atom. The number of hydrogen-bond donors (Lipinski definition) is 0. The third-order valence-corrected chi connectivity index (χ3v) is 5.01. The van der Waals surface area contributed by atoms with Crippen LogP contribution in [-0.2, 0) is 6.54 Å². The van der Waals surface area contributed by atoms with Gasteiger partial charge in [0.05, 0.1) is 6.07 Å². The Labute approximate surface area is 158 Å². The molecule has 0 aliphatic rings. The van der Waals surface area contributed by atoms with E-state index >= 15 is 0 Å². The lowest BCUT2D eigenvalue weighted by Crippen LogP contribution is -2.02. The van der Waals surface area contributed by atoms with Crippen molar-refractivity contribution in [2.45, 2.75) is 25.8 Å². The van der Waals surface area contributed by atoms with Gasteiger partial charge in [-0.15, -0.1) is 0 Å². The molecule has 0 atom stereocenters. The highest BCUT2D eigenvalue weighted by Gasteiger charge is 2.18. The van der Waals surface area contributed by atoms with E-state index in [1.165, 1.54) is 0 Å². The molecular formula is C24H20N2O. The van der Waals surface area contributed by atoms with Gasteiger partial charge in [0.1, 0.15) is 0 Å². The highest BCUT2D eigenvalue weighted by Crippen LogP contribution is 2.27. The molecule has 0 spiro atoms. The third-order valence-electron chi connectivity index (χ3n) is 5.01. The normalized spacial score (nSPS) is 10.9. The summed E-state index contributed by atoms with van der Waals surface area (Å²) in [6.45, 7) is 0.811. The fourth-order valence-electron chi connectivity index (χ4n) is 3.67. The van der Waals surface area contributed by atoms with Crippen molar-refractivity contribution in [3.63, 3.8) is 0 Å². The number of benzene rings is 3. The van der Waals surface area contributed by atoms with Crippen LogP contribution in [0.1, 0.15) is 35.2 Å². The molecule has 0 radical (unpaired) electrons. The van der Waals surface area contributed by atoms with E-state index in [0.717, 1.165) is 52.2 Å². The quantitative estimate of drug-likeness (QED) is 0.329. The minimum Gasteiger partial charge on any atom is -0.347 e. The van der Waals surface area contributed by atoms with Crippen LogP contribution < -0.4 is 0 Å². The van der Waals surface area contributed by atoms with Gasteiger partial charge >= 0.3 is 0 Å². The number of para-hydroxylation sites is 1. The second-order valence-electron chi connectivity index (χ2n) is 6.72. The van der Waals surface area contributed by atoms with Crippen LogP contribution in [0.2, 0.25) is 0 Å². The zero-order chi connectivity index (χ0) is 18.6. The van der Waals surface area contributed by atoms with Gasteiger partial charge in [0.25, 0.3) is 0 Å². The van der Waals surface area contributed by atoms with Gasteiger partial charge in [-0.05, 0) is 29.7 Å². The molecule has 4 aromatic rings. The molecule has 27 heavy (non-hydrogen) atoms. The molecule has 3 nitrogen and oxygen atoms in total. The average molecular weight is 352 g/mol. The number of nitriles is 1. The third kappa shape index (κ3) is 3.22. The predicted octanol–water partition coefficient (Wildman–Crippen LogP) is 5.72. The summed E-state index contributed by atoms with van der Waals surface area (Å²) < 4.78 is 2.14. The topological polar surface area (TPSA) is 45.8 Å². The molecule has 0 saturated carbocycles. The lowest BCUT2D eigenvalue weighted by molar-refractivity contribution is 0.104. The van der Waals surface area contributed by atoms with Gasteiger partial charge in [-0.25, -0.2) is 0 Å². The van der Waals surface area contributed by atoms with Crippen molar-refractivity contribution < 1.29 is 4.79 Å². The molecule has 132 valence electrons. The lowest BCUT2D eigenvalue weighted by Gasteiger charge is -2.05. The number of rotatable bonds is 6. The smallest absolute Gasteiger partial charge is 0.195 e. The van der Waals surface area contributed by atoms with Gasteiger partial charge in [-0.1, -0.05) is 60.7 Å². The van der Waals surface area contributed by atoms with Crippen molar-refractivity contribution >= 4 is 27.5 Å². The van der Waals surface area contributed by atoms with Gasteiger partial charge in [-0.2, -0.15) is 5.26 Å². The molecule has 3 heteroatoms. The maximum absolute atomic E-state index is 13.4. The summed E-state index contributed by atoms with van der Waals surface area (Å²) in [7, 11) is 0. The summed E-state index contributed by atoms with van der Waals surface area (Å²) in [6.07, 6.45) is 4.34. The van der Waals surface area contributed by atoms with Gasteiger partial charge in [0.2, 0.25) is 0 Å². The molecule has 4 rings (SSSR count). The van der Waals surface area contributed by atoms with Crippen LogP contribution in [0.3, 0.4) is 0 Å². The van der Waals surface area contributed by atoms with E-state index < -0.39 is 0 Å². The molecule has 0 fully saturated rings. The molecule has 0 bridgehead atoms. The molecule has 0 N–H and O–H groups in total. The van der Waals surface area contributed by atoms with Crippen LogP contribution >= 0.6 is 0 Å². The first-order chi connectivity index (χ1) is 13.3. The molecule has 1 aromatic heterocycles. The van der Waals surface area contributed by atoms with Crippen LogP contribution in [0.5, 0.6) is 0 Å². The highest BCUT2D eigenvalue weighted by atomic mass is 16.1. The van der Waals surface area contributed by atoms with Crippen molar-refractivity contribution in [1.29, 1.82) is 5.26 Å². The number of fused-ring (bicyclic) bond motifs is 2. The summed E-state index contributed by atoms with van der Waals surface area (Å²) in [4.78, 5) is 13.4. The molecule has 0 aliphatic carbocycles. The Balaban J connectivity index is 1.77. The van der Waals surface area contributed by atoms with E-state index in [9.17, 15) is 4.79 Å². The van der Waals surface area contributed by atoms with Crippen LogP contribution in [0.15, 0.2) is 72.9 Å². The van der Waals surface area contributed by atoms with E-state index in [1.807, 2.05) is 66.9 Å². The second kappa shape index (κ2) is 7.47. The van der Waals surface area contributed by atoms with Crippen molar-refractivity contribution in [2.24, 2.45) is 0 Å². The predicted molar refractivity (Wildman–Crippen MR) is 109 cm³/mol. The number of hydrogen-bond acceptors (Lipinski definition) is 2. The number of unbranched alkanes of at least 4 members (excludes halogenated alkanes) is 2. The van der Waals surface area contributed by atoms with E-state index in [0.29, 0.717) is 6.42 Å². The molecule has 0 saturated heterocycles.